The minimum atomic E-state index is -2.60. The molecule has 0 aromatic carbocycles. The highest BCUT2D eigenvalue weighted by Gasteiger charge is 2.18. The number of hydrogen-bond donors (Lipinski definition) is 0. The number of fused-ring (bicyclic) bond motifs is 5. The topological polar surface area (TPSA) is 73.8 Å². The molecule has 5 aromatic rings. The summed E-state index contributed by atoms with van der Waals surface area (Å²) in [5.41, 5.74) is 4.00. The normalized spacial score (nSPS) is 12.2. The Morgan fingerprint density at radius 2 is 1.93 bits per heavy atom. The molecule has 5 heterocycles. The van der Waals surface area contributed by atoms with Crippen LogP contribution in [0.1, 0.15) is 34.9 Å². The van der Waals surface area contributed by atoms with Gasteiger partial charge >= 0.3 is 0 Å². The zero-order chi connectivity index (χ0) is 19.6. The van der Waals surface area contributed by atoms with Crippen LogP contribution in [0.15, 0.2) is 18.5 Å². The quantitative estimate of drug-likeness (QED) is 0.459. The van der Waals surface area contributed by atoms with Crippen molar-refractivity contribution in [3.05, 3.63) is 46.9 Å². The first kappa shape index (κ1) is 17.1. The first-order valence-electron chi connectivity index (χ1n) is 8.64. The second-order valence-corrected chi connectivity index (χ2v) is 7.75. The van der Waals surface area contributed by atoms with Crippen molar-refractivity contribution in [1.82, 2.24) is 34.3 Å². The van der Waals surface area contributed by atoms with Gasteiger partial charge in [0.25, 0.3) is 6.43 Å². The monoisotopic (exact) mass is 399 g/mol. The van der Waals surface area contributed by atoms with Gasteiger partial charge in [0.2, 0.25) is 0 Å². The van der Waals surface area contributed by atoms with Gasteiger partial charge in [0.05, 0.1) is 5.52 Å². The molecule has 0 saturated heterocycles. The van der Waals surface area contributed by atoms with Gasteiger partial charge in [0, 0.05) is 16.8 Å². The lowest BCUT2D eigenvalue weighted by Crippen LogP contribution is -2.06. The average molecular weight is 399 g/mol. The molecule has 0 unspecified atom stereocenters. The highest BCUT2D eigenvalue weighted by Crippen LogP contribution is 2.35. The van der Waals surface area contributed by atoms with Crippen LogP contribution in [0.25, 0.3) is 26.1 Å². The summed E-state index contributed by atoms with van der Waals surface area (Å²) in [5.74, 6) is 0.486. The predicted molar refractivity (Wildman–Crippen MR) is 102 cm³/mol. The van der Waals surface area contributed by atoms with E-state index in [0.717, 1.165) is 31.7 Å². The van der Waals surface area contributed by atoms with Crippen LogP contribution >= 0.6 is 11.3 Å². The third-order valence-corrected chi connectivity index (χ3v) is 5.72. The van der Waals surface area contributed by atoms with Gasteiger partial charge in [-0.05, 0) is 38.5 Å². The molecule has 142 valence electrons. The van der Waals surface area contributed by atoms with Gasteiger partial charge in [-0.2, -0.15) is 5.10 Å². The van der Waals surface area contributed by atoms with E-state index in [1.807, 2.05) is 19.9 Å². The maximum atomic E-state index is 12.9. The van der Waals surface area contributed by atoms with E-state index >= 15 is 0 Å². The predicted octanol–water partition coefficient (Wildman–Crippen LogP) is 3.99. The van der Waals surface area contributed by atoms with E-state index in [-0.39, 0.29) is 12.2 Å². The summed E-state index contributed by atoms with van der Waals surface area (Å²) in [5, 5.41) is 9.42. The number of nitrogens with zero attached hydrogens (tertiary/aromatic N) is 7. The summed E-state index contributed by atoms with van der Waals surface area (Å²) >= 11 is 1.53. The van der Waals surface area contributed by atoms with Gasteiger partial charge in [-0.25, -0.2) is 28.2 Å². The van der Waals surface area contributed by atoms with Gasteiger partial charge < -0.3 is 0 Å². The molecule has 5 aromatic heterocycles. The second-order valence-electron chi connectivity index (χ2n) is 6.75. The Kier molecular flexibility index (Phi) is 3.66. The fourth-order valence-corrected chi connectivity index (χ4v) is 4.64. The van der Waals surface area contributed by atoms with Gasteiger partial charge in [-0.15, -0.1) is 16.4 Å². The summed E-state index contributed by atoms with van der Waals surface area (Å²) in [4.78, 5) is 14.7. The lowest BCUT2D eigenvalue weighted by atomic mass is 10.1. The average Bonchev–Trinajstić information content (AvgIpc) is 3.29. The molecule has 5 rings (SSSR count). The second kappa shape index (κ2) is 5.99. The smallest absolute Gasteiger partial charge is 0.262 e. The minimum Gasteiger partial charge on any atom is -0.262 e. The summed E-state index contributed by atoms with van der Waals surface area (Å²) in [6.07, 6.45) is -0.976. The van der Waals surface area contributed by atoms with Gasteiger partial charge in [-0.1, -0.05) is 0 Å². The van der Waals surface area contributed by atoms with E-state index in [4.69, 9.17) is 0 Å². The largest absolute Gasteiger partial charge is 0.282 e. The van der Waals surface area contributed by atoms with E-state index in [1.165, 1.54) is 22.1 Å². The van der Waals surface area contributed by atoms with Crippen molar-refractivity contribution < 1.29 is 8.78 Å². The van der Waals surface area contributed by atoms with Crippen LogP contribution in [-0.4, -0.2) is 34.3 Å². The maximum Gasteiger partial charge on any atom is 0.282 e. The van der Waals surface area contributed by atoms with E-state index in [1.54, 1.807) is 17.8 Å². The number of aryl methyl sites for hydroxylation is 3. The van der Waals surface area contributed by atoms with Crippen LogP contribution < -0.4 is 0 Å². The standard InChI is InChI=1S/C18H15F2N7S/c1-8-4-9(2)22-18-13(8)14-15(28-18)17-23-12(25-27(17)7-21-14)6-26-10(3)5-11(24-26)16(19)20/h4-5,7,16H,6H2,1-3H3. The SMILES string of the molecule is Cc1cc(C)c2c(n1)sc1c2ncn2nc(Cn3nc(C(F)F)cc3C)nc12. The molecule has 0 saturated carbocycles. The molecule has 7 nitrogen and oxygen atoms in total. The van der Waals surface area contributed by atoms with Gasteiger partial charge in [0.15, 0.2) is 11.5 Å². The van der Waals surface area contributed by atoms with Crippen LogP contribution in [0.3, 0.4) is 0 Å². The third kappa shape index (κ3) is 2.55. The molecule has 0 N–H and O–H groups in total. The Hall–Kier alpha value is -3.01. The lowest BCUT2D eigenvalue weighted by molar-refractivity contribution is 0.145. The minimum absolute atomic E-state index is 0.211. The van der Waals surface area contributed by atoms with Crippen molar-refractivity contribution in [2.45, 2.75) is 33.7 Å². The van der Waals surface area contributed by atoms with Crippen LogP contribution in [0, 0.1) is 20.8 Å². The Morgan fingerprint density at radius 1 is 1.11 bits per heavy atom. The number of pyridine rings is 1. The van der Waals surface area contributed by atoms with E-state index in [0.29, 0.717) is 17.2 Å². The van der Waals surface area contributed by atoms with Crippen molar-refractivity contribution >= 4 is 37.4 Å². The Labute approximate surface area is 161 Å². The van der Waals surface area contributed by atoms with Crippen LogP contribution in [0.4, 0.5) is 8.78 Å². The molecule has 28 heavy (non-hydrogen) atoms. The molecule has 0 amide bonds. The van der Waals surface area contributed by atoms with E-state index in [2.05, 4.69) is 25.1 Å². The first-order valence-corrected chi connectivity index (χ1v) is 9.45. The van der Waals surface area contributed by atoms with Crippen molar-refractivity contribution in [3.63, 3.8) is 0 Å². The number of rotatable bonds is 3. The number of alkyl halides is 2. The number of hydrogen-bond acceptors (Lipinski definition) is 6. The number of aromatic nitrogens is 7. The van der Waals surface area contributed by atoms with Crippen LogP contribution in [-0.2, 0) is 6.54 Å². The maximum absolute atomic E-state index is 12.9. The Bertz CT molecular complexity index is 1370. The highest BCUT2D eigenvalue weighted by molar-refractivity contribution is 7.26. The summed E-state index contributed by atoms with van der Waals surface area (Å²) < 4.78 is 29.8. The summed E-state index contributed by atoms with van der Waals surface area (Å²) in [6.45, 7) is 5.96. The lowest BCUT2D eigenvalue weighted by Gasteiger charge is -1.99. The fraction of sp³-hybridized carbons (Fsp3) is 0.278. The zero-order valence-electron chi connectivity index (χ0n) is 15.3. The van der Waals surface area contributed by atoms with E-state index < -0.39 is 6.43 Å². The van der Waals surface area contributed by atoms with E-state index in [9.17, 15) is 8.78 Å². The summed E-state index contributed by atoms with van der Waals surface area (Å²) in [6, 6.07) is 3.42. The highest BCUT2D eigenvalue weighted by atomic mass is 32.1. The third-order valence-electron chi connectivity index (χ3n) is 4.65. The Balaban J connectivity index is 1.65. The first-order chi connectivity index (χ1) is 13.4. The Morgan fingerprint density at radius 3 is 2.68 bits per heavy atom. The van der Waals surface area contributed by atoms with Crippen molar-refractivity contribution in [2.24, 2.45) is 0 Å². The summed E-state index contributed by atoms with van der Waals surface area (Å²) in [7, 11) is 0. The molecule has 0 spiro atoms. The zero-order valence-corrected chi connectivity index (χ0v) is 16.1. The molecule has 10 heteroatoms. The van der Waals surface area contributed by atoms with Gasteiger partial charge in [-0.3, -0.25) is 4.68 Å². The molecular weight excluding hydrogens is 384 g/mol. The fourth-order valence-electron chi connectivity index (χ4n) is 3.42. The number of halogens is 2. The molecular formula is C18H15F2N7S. The van der Waals surface area contributed by atoms with Crippen LogP contribution in [0.5, 0.6) is 0 Å². The molecule has 0 atom stereocenters. The molecule has 0 aliphatic carbocycles. The molecule has 0 fully saturated rings. The molecule has 0 aliphatic rings. The van der Waals surface area contributed by atoms with Crippen molar-refractivity contribution in [1.29, 1.82) is 0 Å². The molecule has 0 aliphatic heterocycles. The van der Waals surface area contributed by atoms with Crippen molar-refractivity contribution in [2.75, 3.05) is 0 Å². The molecule has 0 bridgehead atoms. The van der Waals surface area contributed by atoms with Crippen molar-refractivity contribution in [3.8, 4) is 0 Å². The number of thiophene rings is 1. The molecule has 0 radical (unpaired) electrons. The van der Waals surface area contributed by atoms with Gasteiger partial charge in [0.1, 0.15) is 28.1 Å². The van der Waals surface area contributed by atoms with Crippen LogP contribution in [0.2, 0.25) is 0 Å².